The first kappa shape index (κ1) is 18.3. The summed E-state index contributed by atoms with van der Waals surface area (Å²) in [5, 5.41) is 0.492. The Morgan fingerprint density at radius 1 is 1.39 bits per heavy atom. The van der Waals surface area contributed by atoms with E-state index in [4.69, 9.17) is 4.74 Å². The van der Waals surface area contributed by atoms with E-state index in [1.54, 1.807) is 4.57 Å². The van der Waals surface area contributed by atoms with Gasteiger partial charge in [-0.25, -0.2) is 4.79 Å². The minimum atomic E-state index is -0.132. The number of rotatable bonds is 9. The largest absolute Gasteiger partial charge is 0.380 e. The second-order valence-corrected chi connectivity index (χ2v) is 7.25. The first-order valence-corrected chi connectivity index (χ1v) is 9.77. The average molecular weight is 340 g/mol. The molecule has 0 amide bonds. The van der Waals surface area contributed by atoms with Crippen molar-refractivity contribution in [2.45, 2.75) is 51.3 Å². The molecule has 0 aromatic carbocycles. The van der Waals surface area contributed by atoms with Crippen molar-refractivity contribution in [3.63, 3.8) is 0 Å². The quantitative estimate of drug-likeness (QED) is 0.647. The summed E-state index contributed by atoms with van der Waals surface area (Å²) in [6, 6.07) is 2.20. The van der Waals surface area contributed by atoms with Crippen molar-refractivity contribution >= 4 is 17.6 Å². The van der Waals surface area contributed by atoms with Crippen LogP contribution in [0.5, 0.6) is 0 Å². The van der Waals surface area contributed by atoms with Crippen LogP contribution in [0.1, 0.15) is 46.1 Å². The average Bonchev–Trinajstić information content (AvgIpc) is 3.01. The number of hydrogen-bond acceptors (Lipinski definition) is 5. The molecule has 1 aliphatic heterocycles. The highest BCUT2D eigenvalue weighted by atomic mass is 32.2. The first-order chi connectivity index (χ1) is 11.2. The lowest BCUT2D eigenvalue weighted by molar-refractivity contribution is 0.130. The van der Waals surface area contributed by atoms with E-state index < -0.39 is 0 Å². The van der Waals surface area contributed by atoms with Gasteiger partial charge in [-0.15, -0.1) is 0 Å². The fourth-order valence-electron chi connectivity index (χ4n) is 2.86. The number of unbranched alkanes of at least 4 members (excludes halogenated alkanes) is 1. The molecular formula is C17H29N3O2S. The Labute approximate surface area is 143 Å². The first-order valence-electron chi connectivity index (χ1n) is 8.73. The molecule has 5 nitrogen and oxygen atoms in total. The van der Waals surface area contributed by atoms with Crippen LogP contribution in [0.15, 0.2) is 17.1 Å². The van der Waals surface area contributed by atoms with Gasteiger partial charge in [-0.05, 0) is 32.8 Å². The lowest BCUT2D eigenvalue weighted by Crippen LogP contribution is -2.31. The Morgan fingerprint density at radius 3 is 2.83 bits per heavy atom. The molecule has 1 fully saturated rings. The fraction of sp³-hybridized carbons (Fsp3) is 0.765. The zero-order valence-corrected chi connectivity index (χ0v) is 15.3. The number of aromatic nitrogens is 2. The van der Waals surface area contributed by atoms with Crippen LogP contribution in [0.25, 0.3) is 0 Å². The molecule has 1 aromatic heterocycles. The predicted molar refractivity (Wildman–Crippen MR) is 97.7 cm³/mol. The molecule has 130 valence electrons. The molecule has 0 radical (unpaired) electrons. The number of thioether (sulfide) groups is 1. The number of hydrogen-bond donors (Lipinski definition) is 0. The highest BCUT2D eigenvalue weighted by molar-refractivity contribution is 8.00. The molecule has 0 aliphatic carbocycles. The molecule has 0 unspecified atom stereocenters. The molecule has 23 heavy (non-hydrogen) atoms. The molecule has 1 aromatic rings. The van der Waals surface area contributed by atoms with Gasteiger partial charge in [0.05, 0.1) is 6.61 Å². The Morgan fingerprint density at radius 2 is 2.17 bits per heavy atom. The van der Waals surface area contributed by atoms with Gasteiger partial charge in [0.1, 0.15) is 5.82 Å². The maximum atomic E-state index is 12.4. The smallest absolute Gasteiger partial charge is 0.349 e. The molecule has 2 rings (SSSR count). The van der Waals surface area contributed by atoms with Crippen molar-refractivity contribution in [1.29, 1.82) is 0 Å². The van der Waals surface area contributed by atoms with Gasteiger partial charge in [0.25, 0.3) is 0 Å². The minimum absolute atomic E-state index is 0.132. The van der Waals surface area contributed by atoms with Crippen LogP contribution in [0, 0.1) is 0 Å². The zero-order chi connectivity index (χ0) is 16.7. The highest BCUT2D eigenvalue weighted by Crippen LogP contribution is 2.34. The molecule has 0 bridgehead atoms. The third-order valence-corrected chi connectivity index (χ3v) is 5.68. The van der Waals surface area contributed by atoms with Gasteiger partial charge in [0, 0.05) is 42.9 Å². The lowest BCUT2D eigenvalue weighted by atomic mass is 10.2. The van der Waals surface area contributed by atoms with Crippen LogP contribution >= 0.6 is 11.8 Å². The normalized spacial score (nSPS) is 20.8. The van der Waals surface area contributed by atoms with E-state index in [9.17, 15) is 4.79 Å². The Kier molecular flexibility index (Phi) is 7.43. The summed E-state index contributed by atoms with van der Waals surface area (Å²) < 4.78 is 7.52. The van der Waals surface area contributed by atoms with Crippen LogP contribution in [0.3, 0.4) is 0 Å². The molecular weight excluding hydrogens is 310 g/mol. The number of nitrogens with zero attached hydrogens (tertiary/aromatic N) is 3. The molecule has 2 heterocycles. The summed E-state index contributed by atoms with van der Waals surface area (Å²) in [5.74, 6) is 1.75. The van der Waals surface area contributed by atoms with Gasteiger partial charge < -0.3 is 9.64 Å². The van der Waals surface area contributed by atoms with Crippen LogP contribution in [0.4, 0.5) is 5.82 Å². The molecule has 6 heteroatoms. The van der Waals surface area contributed by atoms with Crippen LogP contribution < -0.4 is 10.6 Å². The summed E-state index contributed by atoms with van der Waals surface area (Å²) in [7, 11) is 0. The van der Waals surface area contributed by atoms with Crippen molar-refractivity contribution in [2.75, 3.05) is 37.0 Å². The van der Waals surface area contributed by atoms with Crippen molar-refractivity contribution in [3.8, 4) is 0 Å². The predicted octanol–water partition coefficient (Wildman–Crippen LogP) is 2.95. The molecule has 0 N–H and O–H groups in total. The van der Waals surface area contributed by atoms with Gasteiger partial charge in [0.15, 0.2) is 0 Å². The van der Waals surface area contributed by atoms with E-state index in [-0.39, 0.29) is 11.7 Å². The molecule has 0 spiro atoms. The lowest BCUT2D eigenvalue weighted by Gasteiger charge is -2.20. The van der Waals surface area contributed by atoms with E-state index in [0.29, 0.717) is 5.25 Å². The van der Waals surface area contributed by atoms with Gasteiger partial charge in [-0.3, -0.25) is 4.57 Å². The van der Waals surface area contributed by atoms with Crippen molar-refractivity contribution < 1.29 is 4.74 Å². The zero-order valence-electron chi connectivity index (χ0n) is 14.5. The standard InChI is InChI=1S/C17H29N3O2S/c1-4-7-10-22-12-15-11-14(13-23-15)20-9-8-16(18-17(20)21)19(5-2)6-3/h8-9,14-15H,4-7,10-13H2,1-3H3/t14-,15-/m1/s1. The molecule has 0 saturated carbocycles. The van der Waals surface area contributed by atoms with Crippen LogP contribution in [0.2, 0.25) is 0 Å². The fourth-order valence-corrected chi connectivity index (χ4v) is 4.20. The van der Waals surface area contributed by atoms with Gasteiger partial charge in [-0.2, -0.15) is 16.7 Å². The summed E-state index contributed by atoms with van der Waals surface area (Å²) in [6.45, 7) is 9.69. The third kappa shape index (κ3) is 4.98. The van der Waals surface area contributed by atoms with E-state index in [2.05, 4.69) is 30.7 Å². The summed E-state index contributed by atoms with van der Waals surface area (Å²) >= 11 is 1.91. The minimum Gasteiger partial charge on any atom is -0.380 e. The summed E-state index contributed by atoms with van der Waals surface area (Å²) in [5.41, 5.74) is -0.132. The van der Waals surface area contributed by atoms with Crippen molar-refractivity contribution in [3.05, 3.63) is 22.7 Å². The van der Waals surface area contributed by atoms with E-state index >= 15 is 0 Å². The van der Waals surface area contributed by atoms with E-state index in [1.807, 2.05) is 24.0 Å². The van der Waals surface area contributed by atoms with Crippen LogP contribution in [-0.4, -0.2) is 46.9 Å². The summed E-state index contributed by atoms with van der Waals surface area (Å²) in [6.07, 6.45) is 5.19. The molecule has 1 aliphatic rings. The van der Waals surface area contributed by atoms with Crippen LogP contribution in [-0.2, 0) is 4.74 Å². The Balaban J connectivity index is 1.94. The monoisotopic (exact) mass is 339 g/mol. The Bertz CT molecular complexity index is 531. The van der Waals surface area contributed by atoms with Crippen molar-refractivity contribution in [2.24, 2.45) is 0 Å². The third-order valence-electron chi connectivity index (χ3n) is 4.30. The maximum Gasteiger partial charge on any atom is 0.349 e. The molecule has 2 atom stereocenters. The number of ether oxygens (including phenoxy) is 1. The molecule has 1 saturated heterocycles. The Hall–Kier alpha value is -1.01. The maximum absolute atomic E-state index is 12.4. The van der Waals surface area contributed by atoms with Gasteiger partial charge >= 0.3 is 5.69 Å². The SMILES string of the molecule is CCCCOC[C@H]1C[C@@H](n2ccc(N(CC)CC)nc2=O)CS1. The van der Waals surface area contributed by atoms with Crippen molar-refractivity contribution in [1.82, 2.24) is 9.55 Å². The topological polar surface area (TPSA) is 47.4 Å². The van der Waals surface area contributed by atoms with E-state index in [1.165, 1.54) is 6.42 Å². The number of anilines is 1. The van der Waals surface area contributed by atoms with Gasteiger partial charge in [-0.1, -0.05) is 13.3 Å². The second kappa shape index (κ2) is 9.33. The van der Waals surface area contributed by atoms with E-state index in [0.717, 1.165) is 50.7 Å². The summed E-state index contributed by atoms with van der Waals surface area (Å²) in [4.78, 5) is 18.7. The highest BCUT2D eigenvalue weighted by Gasteiger charge is 2.27. The second-order valence-electron chi connectivity index (χ2n) is 5.92. The van der Waals surface area contributed by atoms with Gasteiger partial charge in [0.2, 0.25) is 0 Å².